The highest BCUT2D eigenvalue weighted by Gasteiger charge is 2.31. The van der Waals surface area contributed by atoms with E-state index in [-0.39, 0.29) is 17.4 Å². The highest BCUT2D eigenvalue weighted by molar-refractivity contribution is 5.98. The lowest BCUT2D eigenvalue weighted by Crippen LogP contribution is -2.10. The van der Waals surface area contributed by atoms with Gasteiger partial charge in [-0.15, -0.1) is 0 Å². The number of rotatable bonds is 2. The highest BCUT2D eigenvalue weighted by Crippen LogP contribution is 2.30. The summed E-state index contributed by atoms with van der Waals surface area (Å²) in [5.74, 6) is -0.851. The molecule has 0 amide bonds. The normalized spacial score (nSPS) is 11.0. The van der Waals surface area contributed by atoms with Gasteiger partial charge in [0, 0.05) is 5.56 Å². The van der Waals surface area contributed by atoms with E-state index >= 15 is 0 Å². The molecule has 0 unspecified atom stereocenters. The third-order valence-corrected chi connectivity index (χ3v) is 1.91. The van der Waals surface area contributed by atoms with E-state index in [4.69, 9.17) is 0 Å². The SMILES string of the molecule is COC(=O)c1ccc(C(F)(F)F)cc1C=O. The molecule has 1 aromatic carbocycles. The molecular formula is C10H7F3O3. The van der Waals surface area contributed by atoms with Gasteiger partial charge in [-0.25, -0.2) is 4.79 Å². The van der Waals surface area contributed by atoms with E-state index in [2.05, 4.69) is 4.74 Å². The summed E-state index contributed by atoms with van der Waals surface area (Å²) in [7, 11) is 1.08. The molecule has 0 saturated heterocycles. The summed E-state index contributed by atoms with van der Waals surface area (Å²) in [6.07, 6.45) is -4.37. The van der Waals surface area contributed by atoms with Gasteiger partial charge in [0.15, 0.2) is 6.29 Å². The van der Waals surface area contributed by atoms with E-state index in [9.17, 15) is 22.8 Å². The maximum absolute atomic E-state index is 12.3. The number of methoxy groups -OCH3 is 1. The molecule has 16 heavy (non-hydrogen) atoms. The molecule has 0 aliphatic carbocycles. The Bertz CT molecular complexity index is 424. The second-order valence-corrected chi connectivity index (χ2v) is 2.91. The number of ether oxygens (including phenoxy) is 1. The van der Waals surface area contributed by atoms with Crippen LogP contribution in [0.25, 0.3) is 0 Å². The van der Waals surface area contributed by atoms with Gasteiger partial charge in [-0.1, -0.05) is 0 Å². The van der Waals surface area contributed by atoms with Gasteiger partial charge in [0.05, 0.1) is 18.2 Å². The minimum absolute atomic E-state index is 0.182. The van der Waals surface area contributed by atoms with E-state index in [1.807, 2.05) is 0 Å². The number of halogens is 3. The molecule has 3 nitrogen and oxygen atoms in total. The van der Waals surface area contributed by atoms with Crippen LogP contribution in [0.5, 0.6) is 0 Å². The number of hydrogen-bond acceptors (Lipinski definition) is 3. The number of carbonyl (C=O) groups excluding carboxylic acids is 2. The Labute approximate surface area is 88.8 Å². The molecule has 0 bridgehead atoms. The summed E-state index contributed by atoms with van der Waals surface area (Å²) in [6.45, 7) is 0. The van der Waals surface area contributed by atoms with Crippen molar-refractivity contribution in [1.82, 2.24) is 0 Å². The number of carbonyl (C=O) groups is 2. The number of alkyl halides is 3. The van der Waals surface area contributed by atoms with Gasteiger partial charge in [-0.05, 0) is 18.2 Å². The summed E-state index contributed by atoms with van der Waals surface area (Å²) >= 11 is 0. The van der Waals surface area contributed by atoms with Crippen LogP contribution in [0.2, 0.25) is 0 Å². The molecule has 1 aromatic rings. The predicted octanol–water partition coefficient (Wildman–Crippen LogP) is 2.30. The van der Waals surface area contributed by atoms with Crippen molar-refractivity contribution >= 4 is 12.3 Å². The second-order valence-electron chi connectivity index (χ2n) is 2.91. The predicted molar refractivity (Wildman–Crippen MR) is 48.2 cm³/mol. The number of aldehydes is 1. The number of esters is 1. The van der Waals surface area contributed by atoms with Gasteiger partial charge >= 0.3 is 12.1 Å². The number of benzene rings is 1. The third kappa shape index (κ3) is 2.39. The Hall–Kier alpha value is -1.85. The first kappa shape index (κ1) is 12.2. The second kappa shape index (κ2) is 4.34. The zero-order valence-corrected chi connectivity index (χ0v) is 8.17. The first-order valence-electron chi connectivity index (χ1n) is 4.15. The van der Waals surface area contributed by atoms with Crippen molar-refractivity contribution in [2.45, 2.75) is 6.18 Å². The van der Waals surface area contributed by atoms with Gasteiger partial charge in [-0.3, -0.25) is 4.79 Å². The minimum Gasteiger partial charge on any atom is -0.465 e. The first-order valence-corrected chi connectivity index (χ1v) is 4.15. The Morgan fingerprint density at radius 2 is 2.00 bits per heavy atom. The molecule has 0 heterocycles. The monoisotopic (exact) mass is 232 g/mol. The topological polar surface area (TPSA) is 43.4 Å². The molecule has 86 valence electrons. The van der Waals surface area contributed by atoms with Crippen molar-refractivity contribution in [3.63, 3.8) is 0 Å². The molecule has 0 fully saturated rings. The molecule has 0 aliphatic heterocycles. The Balaban J connectivity index is 3.27. The fourth-order valence-corrected chi connectivity index (χ4v) is 1.13. The van der Waals surface area contributed by atoms with Gasteiger partial charge in [-0.2, -0.15) is 13.2 Å². The third-order valence-electron chi connectivity index (χ3n) is 1.91. The maximum Gasteiger partial charge on any atom is 0.416 e. The Morgan fingerprint density at radius 3 is 2.44 bits per heavy atom. The molecule has 0 aromatic heterocycles. The zero-order valence-electron chi connectivity index (χ0n) is 8.17. The van der Waals surface area contributed by atoms with E-state index in [1.165, 1.54) is 0 Å². The smallest absolute Gasteiger partial charge is 0.416 e. The average molecular weight is 232 g/mol. The van der Waals surface area contributed by atoms with Crippen molar-refractivity contribution in [1.29, 1.82) is 0 Å². The molecular weight excluding hydrogens is 225 g/mol. The number of hydrogen-bond donors (Lipinski definition) is 0. The summed E-state index contributed by atoms with van der Waals surface area (Å²) in [5, 5.41) is 0. The largest absolute Gasteiger partial charge is 0.465 e. The minimum atomic E-state index is -4.55. The highest BCUT2D eigenvalue weighted by atomic mass is 19.4. The molecule has 0 aliphatic rings. The van der Waals surface area contributed by atoms with Crippen molar-refractivity contribution in [2.24, 2.45) is 0 Å². The lowest BCUT2D eigenvalue weighted by Gasteiger charge is -2.08. The molecule has 0 N–H and O–H groups in total. The molecule has 0 spiro atoms. The maximum atomic E-state index is 12.3. The van der Waals surface area contributed by atoms with Crippen molar-refractivity contribution in [3.8, 4) is 0 Å². The van der Waals surface area contributed by atoms with Crippen LogP contribution in [0.15, 0.2) is 18.2 Å². The lowest BCUT2D eigenvalue weighted by molar-refractivity contribution is -0.137. The molecule has 6 heteroatoms. The van der Waals surface area contributed by atoms with E-state index in [1.54, 1.807) is 0 Å². The van der Waals surface area contributed by atoms with E-state index in [0.717, 1.165) is 19.2 Å². The Morgan fingerprint density at radius 1 is 1.38 bits per heavy atom. The van der Waals surface area contributed by atoms with Gasteiger partial charge in [0.1, 0.15) is 0 Å². The van der Waals surface area contributed by atoms with Gasteiger partial charge in [0.25, 0.3) is 0 Å². The van der Waals surface area contributed by atoms with Crippen molar-refractivity contribution < 1.29 is 27.5 Å². The molecule has 0 atom stereocenters. The lowest BCUT2D eigenvalue weighted by atomic mass is 10.0. The van der Waals surface area contributed by atoms with E-state index < -0.39 is 17.7 Å². The van der Waals surface area contributed by atoms with Crippen molar-refractivity contribution in [3.05, 3.63) is 34.9 Å². The van der Waals surface area contributed by atoms with Crippen LogP contribution in [0.3, 0.4) is 0 Å². The van der Waals surface area contributed by atoms with E-state index in [0.29, 0.717) is 6.07 Å². The average Bonchev–Trinajstić information content (AvgIpc) is 2.26. The quantitative estimate of drug-likeness (QED) is 0.580. The summed E-state index contributed by atoms with van der Waals surface area (Å²) < 4.78 is 41.2. The zero-order chi connectivity index (χ0) is 12.3. The van der Waals surface area contributed by atoms with Crippen LogP contribution < -0.4 is 0 Å². The van der Waals surface area contributed by atoms with Crippen molar-refractivity contribution in [2.75, 3.05) is 7.11 Å². The standard InChI is InChI=1S/C10H7F3O3/c1-16-9(15)8-3-2-7(10(11,12)13)4-6(8)5-14/h2-5H,1H3. The molecule has 1 rings (SSSR count). The van der Waals surface area contributed by atoms with Crippen LogP contribution in [0.4, 0.5) is 13.2 Å². The van der Waals surface area contributed by atoms with Crippen LogP contribution in [-0.4, -0.2) is 19.4 Å². The van der Waals surface area contributed by atoms with Gasteiger partial charge in [0.2, 0.25) is 0 Å². The summed E-state index contributed by atoms with van der Waals surface area (Å²) in [5.41, 5.74) is -1.52. The fourth-order valence-electron chi connectivity index (χ4n) is 1.13. The summed E-state index contributed by atoms with van der Waals surface area (Å²) in [4.78, 5) is 21.6. The van der Waals surface area contributed by atoms with Gasteiger partial charge < -0.3 is 4.74 Å². The van der Waals surface area contributed by atoms with Crippen LogP contribution in [0.1, 0.15) is 26.3 Å². The molecule has 0 saturated carbocycles. The first-order chi connectivity index (χ1) is 7.40. The van der Waals surface area contributed by atoms with Crippen LogP contribution >= 0.6 is 0 Å². The van der Waals surface area contributed by atoms with Crippen LogP contribution in [-0.2, 0) is 10.9 Å². The fraction of sp³-hybridized carbons (Fsp3) is 0.200. The summed E-state index contributed by atoms with van der Waals surface area (Å²) in [6, 6.07) is 2.25. The van der Waals surface area contributed by atoms with Crippen LogP contribution in [0, 0.1) is 0 Å². The Kier molecular flexibility index (Phi) is 3.31. The molecule has 0 radical (unpaired) electrons.